The molecule has 2 aromatic carbocycles. The smallest absolute Gasteiger partial charge is 0.295 e. The molecule has 35 heavy (non-hydrogen) atoms. The number of nitrogens with zero attached hydrogens (tertiary/aromatic N) is 1. The van der Waals surface area contributed by atoms with Crippen LogP contribution in [0.2, 0.25) is 0 Å². The maximum absolute atomic E-state index is 13.6. The van der Waals surface area contributed by atoms with Crippen molar-refractivity contribution in [2.75, 3.05) is 47.5 Å². The van der Waals surface area contributed by atoms with Crippen molar-refractivity contribution >= 4 is 17.4 Å². The largest absolute Gasteiger partial charge is 0.872 e. The Kier molecular flexibility index (Phi) is 8.76. The van der Waals surface area contributed by atoms with Gasteiger partial charge in [-0.25, -0.2) is 0 Å². The third-order valence-electron chi connectivity index (χ3n) is 5.84. The molecule has 1 N–H and O–H groups in total. The number of rotatable bonds is 11. The molecule has 0 spiro atoms. The minimum atomic E-state index is -0.809. The number of likely N-dealkylation sites (tertiary alicyclic amines) is 1. The van der Waals surface area contributed by atoms with Gasteiger partial charge in [-0.3, -0.25) is 9.59 Å². The molecule has 3 rings (SSSR count). The lowest BCUT2D eigenvalue weighted by molar-refractivity contribution is -0.858. The molecule has 1 saturated heterocycles. The molecular weight excluding hydrogens is 448 g/mol. The summed E-state index contributed by atoms with van der Waals surface area (Å²) in [6.07, 6.45) is 0.692. The normalized spacial score (nSPS) is 17.2. The van der Waals surface area contributed by atoms with E-state index in [2.05, 4.69) is 0 Å². The fourth-order valence-electron chi connectivity index (χ4n) is 4.19. The molecule has 0 saturated carbocycles. The first-order valence-electron chi connectivity index (χ1n) is 11.9. The molecule has 1 aliphatic heterocycles. The van der Waals surface area contributed by atoms with Crippen LogP contribution < -0.4 is 24.2 Å². The van der Waals surface area contributed by atoms with Crippen LogP contribution in [0.4, 0.5) is 0 Å². The summed E-state index contributed by atoms with van der Waals surface area (Å²) >= 11 is 0. The molecule has 188 valence electrons. The highest BCUT2D eigenvalue weighted by Gasteiger charge is 2.44. The molecule has 8 heteroatoms. The molecule has 1 amide bonds. The van der Waals surface area contributed by atoms with E-state index in [9.17, 15) is 14.7 Å². The Hall–Kier alpha value is -3.52. The number of hydrogen-bond donors (Lipinski definition) is 1. The van der Waals surface area contributed by atoms with Gasteiger partial charge in [0.25, 0.3) is 5.91 Å². The second-order valence-corrected chi connectivity index (χ2v) is 8.58. The van der Waals surface area contributed by atoms with Crippen molar-refractivity contribution in [2.24, 2.45) is 0 Å². The van der Waals surface area contributed by atoms with Crippen molar-refractivity contribution in [3.63, 3.8) is 0 Å². The van der Waals surface area contributed by atoms with E-state index in [1.165, 1.54) is 16.9 Å². The Balaban J connectivity index is 2.13. The Morgan fingerprint density at radius 2 is 1.66 bits per heavy atom. The quantitative estimate of drug-likeness (QED) is 0.295. The van der Waals surface area contributed by atoms with Crippen LogP contribution in [0.5, 0.6) is 17.2 Å². The zero-order valence-corrected chi connectivity index (χ0v) is 21.1. The average Bonchev–Trinajstić information content (AvgIpc) is 3.10. The fourth-order valence-corrected chi connectivity index (χ4v) is 4.19. The number of carbonyl (C=O) groups is 2. The van der Waals surface area contributed by atoms with Crippen molar-refractivity contribution in [3.8, 4) is 17.2 Å². The van der Waals surface area contributed by atoms with Crippen LogP contribution in [0, 0.1) is 0 Å². The Bertz CT molecular complexity index is 1080. The number of quaternary nitrogens is 1. The van der Waals surface area contributed by atoms with E-state index in [-0.39, 0.29) is 5.57 Å². The molecule has 0 radical (unpaired) electrons. The van der Waals surface area contributed by atoms with Gasteiger partial charge in [-0.2, -0.15) is 0 Å². The summed E-state index contributed by atoms with van der Waals surface area (Å²) < 4.78 is 16.6. The third-order valence-corrected chi connectivity index (χ3v) is 5.84. The predicted octanol–water partition coefficient (Wildman–Crippen LogP) is 1.25. The molecule has 1 fully saturated rings. The summed E-state index contributed by atoms with van der Waals surface area (Å²) in [5, 5.41) is 13.6. The van der Waals surface area contributed by atoms with E-state index in [1.807, 2.05) is 27.9 Å². The summed E-state index contributed by atoms with van der Waals surface area (Å²) in [6, 6.07) is 11.0. The van der Waals surface area contributed by atoms with Gasteiger partial charge in [-0.1, -0.05) is 24.0 Å². The highest BCUT2D eigenvalue weighted by Crippen LogP contribution is 2.41. The third kappa shape index (κ3) is 5.77. The van der Waals surface area contributed by atoms with Crippen molar-refractivity contribution < 1.29 is 33.8 Å². The number of amides is 1. The monoisotopic (exact) mass is 482 g/mol. The minimum Gasteiger partial charge on any atom is -0.872 e. The Morgan fingerprint density at radius 1 is 1.00 bits per heavy atom. The summed E-state index contributed by atoms with van der Waals surface area (Å²) in [6.45, 7) is 5.81. The lowest BCUT2D eigenvalue weighted by Gasteiger charge is -2.28. The summed E-state index contributed by atoms with van der Waals surface area (Å²) in [5.74, 6) is -0.222. The molecule has 1 unspecified atom stereocenters. The van der Waals surface area contributed by atoms with Crippen LogP contribution in [0.25, 0.3) is 5.76 Å². The first kappa shape index (κ1) is 26.1. The van der Waals surface area contributed by atoms with Gasteiger partial charge in [0.1, 0.15) is 5.75 Å². The maximum atomic E-state index is 13.6. The van der Waals surface area contributed by atoms with Gasteiger partial charge in [0.2, 0.25) is 5.78 Å². The number of ketones is 1. The number of ether oxygens (including phenoxy) is 3. The lowest BCUT2D eigenvalue weighted by Crippen LogP contribution is -3.05. The summed E-state index contributed by atoms with van der Waals surface area (Å²) in [7, 11) is 5.59. The van der Waals surface area contributed by atoms with Crippen LogP contribution in [-0.2, 0) is 9.59 Å². The molecular formula is C27H34N2O6. The minimum absolute atomic E-state index is 0.0519. The van der Waals surface area contributed by atoms with E-state index in [0.717, 1.165) is 6.54 Å². The molecule has 0 bridgehead atoms. The van der Waals surface area contributed by atoms with Gasteiger partial charge >= 0.3 is 0 Å². The zero-order chi connectivity index (χ0) is 25.5. The highest BCUT2D eigenvalue weighted by atomic mass is 16.5. The first-order valence-corrected chi connectivity index (χ1v) is 11.9. The number of nitrogens with one attached hydrogen (secondary N) is 1. The molecule has 2 aromatic rings. The van der Waals surface area contributed by atoms with Gasteiger partial charge in [-0.15, -0.1) is 0 Å². The lowest BCUT2D eigenvalue weighted by atomic mass is 9.95. The summed E-state index contributed by atoms with van der Waals surface area (Å²) in [5.41, 5.74) is 0.900. The fraction of sp³-hybridized carbons (Fsp3) is 0.407. The van der Waals surface area contributed by atoms with E-state index in [1.54, 1.807) is 42.5 Å². The van der Waals surface area contributed by atoms with Gasteiger partial charge in [0, 0.05) is 18.5 Å². The zero-order valence-electron chi connectivity index (χ0n) is 21.1. The Morgan fingerprint density at radius 3 is 2.26 bits per heavy atom. The van der Waals surface area contributed by atoms with Crippen LogP contribution >= 0.6 is 0 Å². The second kappa shape index (κ2) is 11.8. The Labute approximate surface area is 206 Å². The summed E-state index contributed by atoms with van der Waals surface area (Å²) in [4.78, 5) is 29.0. The molecule has 1 heterocycles. The van der Waals surface area contributed by atoms with Crippen molar-refractivity contribution in [1.82, 2.24) is 4.90 Å². The molecule has 1 aliphatic rings. The number of Topliss-reactive ketones (excluding diaryl/α,β-unsaturated/α-hetero) is 1. The SMILES string of the molecule is CCOc1ccc(C2C(=C([O-])c3ccc(OC)cc3)C(=O)C(=O)N2CCC[NH+](C)C)cc1OCC. The highest BCUT2D eigenvalue weighted by molar-refractivity contribution is 6.46. The predicted molar refractivity (Wildman–Crippen MR) is 130 cm³/mol. The second-order valence-electron chi connectivity index (χ2n) is 8.58. The number of methoxy groups -OCH3 is 1. The van der Waals surface area contributed by atoms with Crippen molar-refractivity contribution in [2.45, 2.75) is 26.3 Å². The standard InChI is InChI=1S/C27H34N2O6/c1-6-34-21-14-11-19(17-22(21)35-7-2)24-23(25(30)18-9-12-20(33-5)13-10-18)26(31)27(32)29(24)16-8-15-28(3)4/h9-14,17,24,30H,6-8,15-16H2,1-5H3. The molecule has 0 aliphatic carbocycles. The number of benzene rings is 2. The van der Waals surface area contributed by atoms with Gasteiger partial charge in [0.15, 0.2) is 11.5 Å². The van der Waals surface area contributed by atoms with E-state index >= 15 is 0 Å². The van der Waals surface area contributed by atoms with E-state index in [0.29, 0.717) is 54.6 Å². The van der Waals surface area contributed by atoms with Gasteiger partial charge in [0.05, 0.1) is 47.0 Å². The number of carbonyl (C=O) groups excluding carboxylic acids is 2. The van der Waals surface area contributed by atoms with Gasteiger partial charge in [-0.05, 0) is 49.2 Å². The molecule has 8 nitrogen and oxygen atoms in total. The van der Waals surface area contributed by atoms with E-state index < -0.39 is 23.5 Å². The molecule has 1 atom stereocenters. The van der Waals surface area contributed by atoms with Crippen molar-refractivity contribution in [1.29, 1.82) is 0 Å². The van der Waals surface area contributed by atoms with Crippen molar-refractivity contribution in [3.05, 3.63) is 59.2 Å². The maximum Gasteiger partial charge on any atom is 0.295 e. The number of hydrogen-bond acceptors (Lipinski definition) is 6. The topological polar surface area (TPSA) is 92.6 Å². The van der Waals surface area contributed by atoms with Crippen LogP contribution in [0.1, 0.15) is 37.4 Å². The average molecular weight is 483 g/mol. The van der Waals surface area contributed by atoms with Crippen LogP contribution in [-0.4, -0.2) is 64.1 Å². The van der Waals surface area contributed by atoms with Crippen LogP contribution in [0.3, 0.4) is 0 Å². The first-order chi connectivity index (χ1) is 16.8. The van der Waals surface area contributed by atoms with Crippen LogP contribution in [0.15, 0.2) is 48.0 Å². The van der Waals surface area contributed by atoms with E-state index in [4.69, 9.17) is 14.2 Å². The molecule has 0 aromatic heterocycles. The van der Waals surface area contributed by atoms with Gasteiger partial charge < -0.3 is 29.1 Å².